The summed E-state index contributed by atoms with van der Waals surface area (Å²) >= 11 is 5.37. The summed E-state index contributed by atoms with van der Waals surface area (Å²) in [6.07, 6.45) is 0. The van der Waals surface area contributed by atoms with Gasteiger partial charge in [-0.2, -0.15) is 5.10 Å². The minimum atomic E-state index is -0.527. The highest BCUT2D eigenvalue weighted by Crippen LogP contribution is 2.20. The molecular weight excluding hydrogens is 188 g/mol. The molecule has 3 nitrogen and oxygen atoms in total. The van der Waals surface area contributed by atoms with E-state index in [1.54, 1.807) is 0 Å². The van der Waals surface area contributed by atoms with Gasteiger partial charge in [0.2, 0.25) is 0 Å². The Morgan fingerprint density at radius 3 is 3.00 bits per heavy atom. The van der Waals surface area contributed by atoms with Crippen LogP contribution in [0.1, 0.15) is 16.1 Å². The lowest BCUT2D eigenvalue weighted by atomic mass is 10.1. The van der Waals surface area contributed by atoms with Crippen molar-refractivity contribution in [1.29, 1.82) is 0 Å². The summed E-state index contributed by atoms with van der Waals surface area (Å²) in [5.41, 5.74) is 2.13. The second kappa shape index (κ2) is 2.85. The summed E-state index contributed by atoms with van der Waals surface area (Å²) in [6, 6.07) is 5.68. The second-order valence-electron chi connectivity index (χ2n) is 2.84. The van der Waals surface area contributed by atoms with Crippen molar-refractivity contribution in [2.75, 3.05) is 0 Å². The van der Waals surface area contributed by atoms with Gasteiger partial charge in [-0.15, -0.1) is 0 Å². The molecule has 0 aliphatic heterocycles. The fraction of sp³-hybridized carbons (Fsp3) is 0.111. The Morgan fingerprint density at radius 1 is 1.54 bits per heavy atom. The molecule has 0 fully saturated rings. The second-order valence-corrected chi connectivity index (χ2v) is 3.19. The van der Waals surface area contributed by atoms with E-state index in [0.29, 0.717) is 5.69 Å². The Labute approximate surface area is 79.7 Å². The topological polar surface area (TPSA) is 45.8 Å². The first-order valence-corrected chi connectivity index (χ1v) is 4.21. The maximum atomic E-state index is 11.0. The van der Waals surface area contributed by atoms with Gasteiger partial charge < -0.3 is 0 Å². The SMILES string of the molecule is Cc1cccc2[nH]nc(C(=O)Cl)c12. The minimum absolute atomic E-state index is 0.301. The Hall–Kier alpha value is -1.35. The van der Waals surface area contributed by atoms with Crippen LogP contribution in [0.25, 0.3) is 10.9 Å². The standard InChI is InChI=1S/C9H7ClN2O/c1-5-3-2-4-6-7(5)8(9(10)13)12-11-6/h2-4H,1H3,(H,11,12). The van der Waals surface area contributed by atoms with E-state index in [4.69, 9.17) is 11.6 Å². The zero-order chi connectivity index (χ0) is 9.42. The summed E-state index contributed by atoms with van der Waals surface area (Å²) in [4.78, 5) is 11.0. The van der Waals surface area contributed by atoms with Crippen molar-refractivity contribution >= 4 is 27.7 Å². The summed E-state index contributed by atoms with van der Waals surface area (Å²) in [7, 11) is 0. The molecule has 2 aromatic rings. The summed E-state index contributed by atoms with van der Waals surface area (Å²) in [6.45, 7) is 1.92. The van der Waals surface area contributed by atoms with Crippen molar-refractivity contribution in [3.8, 4) is 0 Å². The fourth-order valence-corrected chi connectivity index (χ4v) is 1.53. The summed E-state index contributed by atoms with van der Waals surface area (Å²) in [5.74, 6) is 0. The molecule has 0 spiro atoms. The molecule has 0 amide bonds. The number of H-pyrrole nitrogens is 1. The van der Waals surface area contributed by atoms with Crippen molar-refractivity contribution in [3.63, 3.8) is 0 Å². The fourth-order valence-electron chi connectivity index (χ4n) is 1.39. The molecule has 1 aromatic heterocycles. The van der Waals surface area contributed by atoms with E-state index in [1.807, 2.05) is 25.1 Å². The minimum Gasteiger partial charge on any atom is -0.277 e. The average Bonchev–Trinajstić information content (AvgIpc) is 2.49. The van der Waals surface area contributed by atoms with E-state index < -0.39 is 5.24 Å². The summed E-state index contributed by atoms with van der Waals surface area (Å²) < 4.78 is 0. The number of aryl methyl sites for hydroxylation is 1. The lowest BCUT2D eigenvalue weighted by Gasteiger charge is -1.94. The van der Waals surface area contributed by atoms with Gasteiger partial charge in [0, 0.05) is 5.39 Å². The van der Waals surface area contributed by atoms with Crippen molar-refractivity contribution in [3.05, 3.63) is 29.5 Å². The van der Waals surface area contributed by atoms with Crippen LogP contribution in [-0.4, -0.2) is 15.4 Å². The molecule has 0 aliphatic carbocycles. The number of aromatic amines is 1. The van der Waals surface area contributed by atoms with Crippen LogP contribution >= 0.6 is 11.6 Å². The van der Waals surface area contributed by atoms with Crippen LogP contribution in [0.3, 0.4) is 0 Å². The van der Waals surface area contributed by atoms with Crippen molar-refractivity contribution in [2.45, 2.75) is 6.92 Å². The number of aromatic nitrogens is 2. The van der Waals surface area contributed by atoms with E-state index in [9.17, 15) is 4.79 Å². The van der Waals surface area contributed by atoms with Gasteiger partial charge in [-0.3, -0.25) is 9.89 Å². The van der Waals surface area contributed by atoms with Crippen LogP contribution in [-0.2, 0) is 0 Å². The lowest BCUT2D eigenvalue weighted by Crippen LogP contribution is -1.90. The molecule has 1 heterocycles. The maximum absolute atomic E-state index is 11.0. The molecule has 0 bridgehead atoms. The van der Waals surface area contributed by atoms with E-state index >= 15 is 0 Å². The van der Waals surface area contributed by atoms with Crippen molar-refractivity contribution in [1.82, 2.24) is 10.2 Å². The van der Waals surface area contributed by atoms with E-state index in [0.717, 1.165) is 16.5 Å². The number of nitrogens with one attached hydrogen (secondary N) is 1. The number of halogens is 1. The van der Waals surface area contributed by atoms with Gasteiger partial charge in [-0.1, -0.05) is 12.1 Å². The van der Waals surface area contributed by atoms with Crippen LogP contribution in [0.15, 0.2) is 18.2 Å². The highest BCUT2D eigenvalue weighted by Gasteiger charge is 2.12. The van der Waals surface area contributed by atoms with Gasteiger partial charge in [0.25, 0.3) is 5.24 Å². The van der Waals surface area contributed by atoms with Crippen LogP contribution in [0.5, 0.6) is 0 Å². The van der Waals surface area contributed by atoms with Gasteiger partial charge in [0.1, 0.15) is 0 Å². The van der Waals surface area contributed by atoms with E-state index in [-0.39, 0.29) is 0 Å². The number of fused-ring (bicyclic) bond motifs is 1. The van der Waals surface area contributed by atoms with Crippen LogP contribution in [0.2, 0.25) is 0 Å². The van der Waals surface area contributed by atoms with Crippen LogP contribution < -0.4 is 0 Å². The van der Waals surface area contributed by atoms with Crippen LogP contribution in [0.4, 0.5) is 0 Å². The first kappa shape index (κ1) is 8.26. The Kier molecular flexibility index (Phi) is 1.81. The number of hydrogen-bond donors (Lipinski definition) is 1. The van der Waals surface area contributed by atoms with Gasteiger partial charge in [0.05, 0.1) is 5.52 Å². The average molecular weight is 195 g/mol. The number of carbonyl (C=O) groups excluding carboxylic acids is 1. The van der Waals surface area contributed by atoms with E-state index in [1.165, 1.54) is 0 Å². The normalized spacial score (nSPS) is 10.6. The molecule has 2 rings (SSSR count). The largest absolute Gasteiger partial charge is 0.277 e. The molecule has 0 atom stereocenters. The molecule has 66 valence electrons. The predicted octanol–water partition coefficient (Wildman–Crippen LogP) is 2.25. The quantitative estimate of drug-likeness (QED) is 0.708. The maximum Gasteiger partial charge on any atom is 0.273 e. The Morgan fingerprint density at radius 2 is 2.31 bits per heavy atom. The van der Waals surface area contributed by atoms with E-state index in [2.05, 4.69) is 10.2 Å². The molecule has 0 saturated carbocycles. The summed E-state index contributed by atoms with van der Waals surface area (Å²) in [5, 5.41) is 6.88. The Bertz CT molecular complexity index is 475. The first-order chi connectivity index (χ1) is 6.20. The third-order valence-corrected chi connectivity index (χ3v) is 2.16. The third kappa shape index (κ3) is 1.21. The molecule has 1 N–H and O–H groups in total. The molecule has 0 radical (unpaired) electrons. The number of hydrogen-bond acceptors (Lipinski definition) is 2. The number of benzene rings is 1. The van der Waals surface area contributed by atoms with Crippen molar-refractivity contribution < 1.29 is 4.79 Å². The predicted molar refractivity (Wildman–Crippen MR) is 51.0 cm³/mol. The van der Waals surface area contributed by atoms with Gasteiger partial charge in [0.15, 0.2) is 5.69 Å². The smallest absolute Gasteiger partial charge is 0.273 e. The molecule has 0 saturated heterocycles. The Balaban J connectivity index is 2.86. The third-order valence-electron chi connectivity index (χ3n) is 1.98. The monoisotopic (exact) mass is 194 g/mol. The highest BCUT2D eigenvalue weighted by atomic mass is 35.5. The molecule has 0 aliphatic rings. The number of rotatable bonds is 1. The molecule has 1 aromatic carbocycles. The van der Waals surface area contributed by atoms with Crippen LogP contribution in [0, 0.1) is 6.92 Å². The number of nitrogens with zero attached hydrogens (tertiary/aromatic N) is 1. The van der Waals surface area contributed by atoms with Crippen molar-refractivity contribution in [2.24, 2.45) is 0 Å². The van der Waals surface area contributed by atoms with Gasteiger partial charge >= 0.3 is 0 Å². The molecule has 4 heteroatoms. The highest BCUT2D eigenvalue weighted by molar-refractivity contribution is 6.68. The van der Waals surface area contributed by atoms with Gasteiger partial charge in [-0.25, -0.2) is 0 Å². The zero-order valence-electron chi connectivity index (χ0n) is 6.97. The van der Waals surface area contributed by atoms with Gasteiger partial charge in [-0.05, 0) is 30.2 Å². The first-order valence-electron chi connectivity index (χ1n) is 3.83. The number of carbonyl (C=O) groups is 1. The molecule has 0 unspecified atom stereocenters. The lowest BCUT2D eigenvalue weighted by molar-refractivity contribution is 0.107. The molecule has 13 heavy (non-hydrogen) atoms. The molecular formula is C9H7ClN2O. The zero-order valence-corrected chi connectivity index (χ0v) is 7.72.